The molecule has 4 rings (SSSR count). The molecule has 0 saturated heterocycles. The lowest BCUT2D eigenvalue weighted by atomic mass is 10.0. The van der Waals surface area contributed by atoms with Crippen molar-refractivity contribution in [3.8, 4) is 35.5 Å². The SMILES string of the molecule is Fc1c(C#Cc2ccc(Br)cc2)c(F)c(C#Cc2ccc(Br)cc2)c(F)c1C#Cc1ccc(Br)cc1. The second kappa shape index (κ2) is 11.7. The van der Waals surface area contributed by atoms with Gasteiger partial charge in [-0.3, -0.25) is 0 Å². The van der Waals surface area contributed by atoms with Crippen molar-refractivity contribution in [1.29, 1.82) is 0 Å². The van der Waals surface area contributed by atoms with E-state index in [4.69, 9.17) is 0 Å². The summed E-state index contributed by atoms with van der Waals surface area (Å²) < 4.78 is 48.6. The molecule has 0 aliphatic carbocycles. The van der Waals surface area contributed by atoms with Gasteiger partial charge in [-0.1, -0.05) is 83.3 Å². The van der Waals surface area contributed by atoms with Crippen LogP contribution in [0.5, 0.6) is 0 Å². The van der Waals surface area contributed by atoms with E-state index in [1.165, 1.54) is 0 Å². The van der Waals surface area contributed by atoms with E-state index < -0.39 is 34.1 Å². The smallest absolute Gasteiger partial charge is 0.160 e. The second-order valence-corrected chi connectivity index (χ2v) is 10.1. The number of halogens is 6. The van der Waals surface area contributed by atoms with E-state index in [2.05, 4.69) is 83.3 Å². The Morgan fingerprint density at radius 1 is 0.361 bits per heavy atom. The minimum absolute atomic E-state index is 0.534. The summed E-state index contributed by atoms with van der Waals surface area (Å²) in [6, 6.07) is 20.7. The number of benzene rings is 4. The molecule has 0 aromatic heterocycles. The van der Waals surface area contributed by atoms with Gasteiger partial charge in [-0.2, -0.15) is 0 Å². The fourth-order valence-corrected chi connectivity index (χ4v) is 3.79. The van der Waals surface area contributed by atoms with E-state index >= 15 is 13.2 Å². The maximum Gasteiger partial charge on any atom is 0.160 e. The monoisotopic (exact) mass is 666 g/mol. The molecule has 4 aromatic carbocycles. The van der Waals surface area contributed by atoms with E-state index in [0.29, 0.717) is 16.7 Å². The highest BCUT2D eigenvalue weighted by Crippen LogP contribution is 2.25. The maximum absolute atomic E-state index is 15.4. The molecule has 0 N–H and O–H groups in total. The Morgan fingerprint density at radius 2 is 0.583 bits per heavy atom. The van der Waals surface area contributed by atoms with Crippen LogP contribution in [0.15, 0.2) is 86.2 Å². The van der Waals surface area contributed by atoms with Gasteiger partial charge in [0, 0.05) is 30.1 Å². The predicted octanol–water partition coefficient (Wildman–Crippen LogP) is 8.59. The Bertz CT molecular complexity index is 1400. The van der Waals surface area contributed by atoms with Crippen LogP contribution in [0.3, 0.4) is 0 Å². The van der Waals surface area contributed by atoms with Crippen molar-refractivity contribution >= 4 is 47.8 Å². The fourth-order valence-electron chi connectivity index (χ4n) is 3.00. The van der Waals surface area contributed by atoms with Gasteiger partial charge in [0.05, 0.1) is 16.7 Å². The van der Waals surface area contributed by atoms with Crippen LogP contribution in [0, 0.1) is 53.0 Å². The molecule has 0 amide bonds. The first-order chi connectivity index (χ1) is 17.3. The molecular formula is C30H12Br3F3. The van der Waals surface area contributed by atoms with Crippen LogP contribution in [0.1, 0.15) is 33.4 Å². The van der Waals surface area contributed by atoms with Gasteiger partial charge in [0.1, 0.15) is 0 Å². The van der Waals surface area contributed by atoms with Gasteiger partial charge < -0.3 is 0 Å². The largest absolute Gasteiger partial charge is 0.204 e. The summed E-state index contributed by atoms with van der Waals surface area (Å²) in [5, 5.41) is 0. The maximum atomic E-state index is 15.4. The zero-order valence-corrected chi connectivity index (χ0v) is 23.0. The summed E-state index contributed by atoms with van der Waals surface area (Å²) in [6.07, 6.45) is 0. The Labute approximate surface area is 232 Å². The molecule has 0 spiro atoms. The number of hydrogen-bond acceptors (Lipinski definition) is 0. The quantitative estimate of drug-likeness (QED) is 0.165. The summed E-state index contributed by atoms with van der Waals surface area (Å²) in [6.45, 7) is 0. The molecule has 0 heterocycles. The first-order valence-electron chi connectivity index (χ1n) is 10.3. The highest BCUT2D eigenvalue weighted by Gasteiger charge is 2.22. The van der Waals surface area contributed by atoms with Crippen molar-refractivity contribution in [2.45, 2.75) is 0 Å². The standard InChI is InChI=1S/C30H12Br3F3/c31-22-10-1-19(2-11-22)7-16-25-28(34)26(17-8-20-3-12-23(32)13-4-20)30(36)27(29(25)35)18-9-21-5-14-24(33)15-6-21/h1-6,10-15H. The van der Waals surface area contributed by atoms with E-state index in [0.717, 1.165) is 13.4 Å². The van der Waals surface area contributed by atoms with Crippen LogP contribution in [0.4, 0.5) is 13.2 Å². The van der Waals surface area contributed by atoms with Crippen molar-refractivity contribution in [2.24, 2.45) is 0 Å². The molecule has 6 heteroatoms. The van der Waals surface area contributed by atoms with Gasteiger partial charge in [0.15, 0.2) is 17.5 Å². The number of hydrogen-bond donors (Lipinski definition) is 0. The van der Waals surface area contributed by atoms with Crippen molar-refractivity contribution in [3.05, 3.63) is 137 Å². The van der Waals surface area contributed by atoms with E-state index in [9.17, 15) is 0 Å². The third-order valence-electron chi connectivity index (χ3n) is 4.85. The van der Waals surface area contributed by atoms with Crippen LogP contribution in [0.2, 0.25) is 0 Å². The predicted molar refractivity (Wildman–Crippen MR) is 147 cm³/mol. The molecular weight excluding hydrogens is 657 g/mol. The number of rotatable bonds is 0. The summed E-state index contributed by atoms with van der Waals surface area (Å²) in [4.78, 5) is 0. The molecule has 4 aromatic rings. The van der Waals surface area contributed by atoms with Crippen molar-refractivity contribution < 1.29 is 13.2 Å². The molecule has 0 aliphatic heterocycles. The second-order valence-electron chi connectivity index (χ2n) is 7.34. The molecule has 174 valence electrons. The first kappa shape index (κ1) is 25.9. The normalized spacial score (nSPS) is 9.83. The van der Waals surface area contributed by atoms with Gasteiger partial charge in [0.25, 0.3) is 0 Å². The Morgan fingerprint density at radius 3 is 0.806 bits per heavy atom. The zero-order chi connectivity index (χ0) is 25.7. The summed E-state index contributed by atoms with van der Waals surface area (Å²) in [7, 11) is 0. The third-order valence-corrected chi connectivity index (χ3v) is 6.43. The molecule has 0 saturated carbocycles. The summed E-state index contributed by atoms with van der Waals surface area (Å²) in [5.41, 5.74) is -0.192. The Hall–Kier alpha value is -3.21. The topological polar surface area (TPSA) is 0 Å². The molecule has 0 unspecified atom stereocenters. The van der Waals surface area contributed by atoms with Gasteiger partial charge >= 0.3 is 0 Å². The minimum atomic E-state index is -1.17. The highest BCUT2D eigenvalue weighted by molar-refractivity contribution is 9.11. The highest BCUT2D eigenvalue weighted by atomic mass is 79.9. The molecule has 0 nitrogen and oxygen atoms in total. The molecule has 36 heavy (non-hydrogen) atoms. The van der Waals surface area contributed by atoms with Crippen molar-refractivity contribution in [3.63, 3.8) is 0 Å². The van der Waals surface area contributed by atoms with Crippen LogP contribution in [-0.4, -0.2) is 0 Å². The van der Waals surface area contributed by atoms with Crippen molar-refractivity contribution in [1.82, 2.24) is 0 Å². The summed E-state index contributed by atoms with van der Waals surface area (Å²) >= 11 is 9.98. The molecule has 0 aliphatic rings. The van der Waals surface area contributed by atoms with Gasteiger partial charge in [-0.15, -0.1) is 0 Å². The van der Waals surface area contributed by atoms with Gasteiger partial charge in [0.2, 0.25) is 0 Å². The van der Waals surface area contributed by atoms with Crippen LogP contribution in [-0.2, 0) is 0 Å². The van der Waals surface area contributed by atoms with Gasteiger partial charge in [-0.25, -0.2) is 13.2 Å². The fraction of sp³-hybridized carbons (Fsp3) is 0. The lowest BCUT2D eigenvalue weighted by molar-refractivity contribution is 0.531. The van der Waals surface area contributed by atoms with E-state index in [1.54, 1.807) is 72.8 Å². The lowest BCUT2D eigenvalue weighted by Crippen LogP contribution is -2.04. The van der Waals surface area contributed by atoms with Crippen LogP contribution >= 0.6 is 47.8 Å². The summed E-state index contributed by atoms with van der Waals surface area (Å²) in [5.74, 6) is 12.2. The molecule has 0 fully saturated rings. The third kappa shape index (κ3) is 6.31. The lowest BCUT2D eigenvalue weighted by Gasteiger charge is -2.06. The Balaban J connectivity index is 1.88. The molecule has 0 radical (unpaired) electrons. The van der Waals surface area contributed by atoms with Crippen molar-refractivity contribution in [2.75, 3.05) is 0 Å². The van der Waals surface area contributed by atoms with E-state index in [-0.39, 0.29) is 0 Å². The van der Waals surface area contributed by atoms with E-state index in [1.807, 2.05) is 0 Å². The zero-order valence-electron chi connectivity index (χ0n) is 18.2. The minimum Gasteiger partial charge on any atom is -0.204 e. The first-order valence-corrected chi connectivity index (χ1v) is 12.7. The van der Waals surface area contributed by atoms with Crippen LogP contribution < -0.4 is 0 Å². The average molecular weight is 669 g/mol. The average Bonchev–Trinajstić information content (AvgIpc) is 2.87. The molecule has 0 atom stereocenters. The van der Waals surface area contributed by atoms with Gasteiger partial charge in [-0.05, 0) is 72.8 Å². The Kier molecular flexibility index (Phi) is 8.40. The molecule has 0 bridgehead atoms. The van der Waals surface area contributed by atoms with Crippen LogP contribution in [0.25, 0.3) is 0 Å².